The summed E-state index contributed by atoms with van der Waals surface area (Å²) in [6.07, 6.45) is 13.6. The van der Waals surface area contributed by atoms with Gasteiger partial charge in [-0.15, -0.1) is 0 Å². The van der Waals surface area contributed by atoms with Crippen LogP contribution in [0.1, 0.15) is 78.2 Å². The number of aldehydes is 1. The second-order valence-corrected chi connectivity index (χ2v) is 11.8. The Morgan fingerprint density at radius 1 is 1.21 bits per heavy atom. The number of nitrogens with two attached hydrogens (primary N) is 1. The average Bonchev–Trinajstić information content (AvgIpc) is 3.39. The molecule has 3 aliphatic rings. The van der Waals surface area contributed by atoms with E-state index in [9.17, 15) is 9.59 Å². The van der Waals surface area contributed by atoms with Crippen molar-refractivity contribution in [3.8, 4) is 0 Å². The molecule has 2 N–H and O–H groups in total. The molecule has 33 heavy (non-hydrogen) atoms. The van der Waals surface area contributed by atoms with Gasteiger partial charge in [-0.1, -0.05) is 46.3 Å². The van der Waals surface area contributed by atoms with Gasteiger partial charge in [0, 0.05) is 35.9 Å². The maximum absolute atomic E-state index is 12.8. The monoisotopic (exact) mass is 452 g/mol. The molecule has 1 aromatic heterocycles. The van der Waals surface area contributed by atoms with Crippen molar-refractivity contribution < 1.29 is 14.0 Å². The number of Topliss-reactive ketones (excluding diaryl/α,β-unsaturated/α-hetero) is 1. The molecule has 5 heteroatoms. The van der Waals surface area contributed by atoms with Crippen molar-refractivity contribution >= 4 is 18.3 Å². The van der Waals surface area contributed by atoms with E-state index >= 15 is 0 Å². The third-order valence-corrected chi connectivity index (χ3v) is 9.79. The number of aliphatic imine (C=N–C) groups is 1. The molecule has 0 spiro atoms. The standard InChI is InChI=1S/C28H40N2O3/c1-25(2)23(16-31)27(4,12-9-24(25)32)22-8-11-26(3)20(19-10-15-33-17-19)6-7-21(26)28(22,5)18-30-14-13-29/h7,10,15-18,20,22-23H,6,8-9,11-14,29H2,1-5H3/t20-,22?,23+,26-,27+,28?/m0/s1. The third-order valence-electron chi connectivity index (χ3n) is 9.79. The topological polar surface area (TPSA) is 85.7 Å². The first-order valence-corrected chi connectivity index (χ1v) is 12.5. The summed E-state index contributed by atoms with van der Waals surface area (Å²) in [5.41, 5.74) is 7.25. The Morgan fingerprint density at radius 3 is 2.61 bits per heavy atom. The zero-order chi connectivity index (χ0) is 24.1. The van der Waals surface area contributed by atoms with Crippen LogP contribution in [0.25, 0.3) is 0 Å². The molecule has 6 atom stereocenters. The summed E-state index contributed by atoms with van der Waals surface area (Å²) in [5.74, 6) is 0.496. The number of carbonyl (C=O) groups is 2. The Labute approximate surface area is 198 Å². The van der Waals surface area contributed by atoms with Crippen LogP contribution in [-0.4, -0.2) is 31.4 Å². The van der Waals surface area contributed by atoms with Gasteiger partial charge in [0.2, 0.25) is 0 Å². The Bertz CT molecular complexity index is 962. The van der Waals surface area contributed by atoms with E-state index in [1.807, 2.05) is 20.1 Å². The van der Waals surface area contributed by atoms with Gasteiger partial charge >= 0.3 is 0 Å². The number of rotatable bonds is 6. The third kappa shape index (κ3) is 3.50. The molecule has 2 fully saturated rings. The van der Waals surface area contributed by atoms with Crippen molar-refractivity contribution in [2.75, 3.05) is 13.1 Å². The zero-order valence-corrected chi connectivity index (χ0v) is 20.9. The van der Waals surface area contributed by atoms with Gasteiger partial charge in [0.25, 0.3) is 0 Å². The second kappa shape index (κ2) is 8.33. The van der Waals surface area contributed by atoms with Crippen molar-refractivity contribution in [2.24, 2.45) is 44.2 Å². The second-order valence-electron chi connectivity index (χ2n) is 11.8. The summed E-state index contributed by atoms with van der Waals surface area (Å²) >= 11 is 0. The SMILES string of the molecule is CC1(C=NCCN)C2=CC[C@@H](c3ccoc3)[C@]2(C)CCC1[C@@]1(C)CCC(=O)C(C)(C)[C@H]1C=O. The average molecular weight is 453 g/mol. The maximum Gasteiger partial charge on any atom is 0.139 e. The fraction of sp³-hybridized carbons (Fsp3) is 0.679. The summed E-state index contributed by atoms with van der Waals surface area (Å²) in [7, 11) is 0. The molecule has 180 valence electrons. The lowest BCUT2D eigenvalue weighted by atomic mass is 9.43. The van der Waals surface area contributed by atoms with Crippen LogP contribution in [0.5, 0.6) is 0 Å². The van der Waals surface area contributed by atoms with Crippen LogP contribution in [0, 0.1) is 33.5 Å². The van der Waals surface area contributed by atoms with E-state index in [1.165, 1.54) is 11.1 Å². The highest BCUT2D eigenvalue weighted by Crippen LogP contribution is 2.68. The van der Waals surface area contributed by atoms with Crippen LogP contribution in [0.3, 0.4) is 0 Å². The van der Waals surface area contributed by atoms with E-state index in [0.29, 0.717) is 25.4 Å². The van der Waals surface area contributed by atoms with Gasteiger partial charge in [-0.25, -0.2) is 0 Å². The lowest BCUT2D eigenvalue weighted by molar-refractivity contribution is -0.152. The Balaban J connectivity index is 1.80. The molecule has 3 aliphatic carbocycles. The highest BCUT2D eigenvalue weighted by atomic mass is 16.3. The predicted octanol–water partition coefficient (Wildman–Crippen LogP) is 5.36. The maximum atomic E-state index is 12.8. The van der Waals surface area contributed by atoms with Gasteiger partial charge in [-0.2, -0.15) is 0 Å². The number of nitrogens with zero attached hydrogens (tertiary/aromatic N) is 1. The van der Waals surface area contributed by atoms with Crippen molar-refractivity contribution in [1.29, 1.82) is 0 Å². The van der Waals surface area contributed by atoms with E-state index in [2.05, 4.69) is 39.1 Å². The Kier molecular flexibility index (Phi) is 6.09. The van der Waals surface area contributed by atoms with Gasteiger partial charge in [-0.3, -0.25) is 9.79 Å². The van der Waals surface area contributed by atoms with Crippen LogP contribution in [0.2, 0.25) is 0 Å². The smallest absolute Gasteiger partial charge is 0.139 e. The van der Waals surface area contributed by atoms with Crippen molar-refractivity contribution in [3.63, 3.8) is 0 Å². The van der Waals surface area contributed by atoms with E-state index in [1.54, 1.807) is 6.26 Å². The number of furan rings is 1. The predicted molar refractivity (Wildman–Crippen MR) is 131 cm³/mol. The van der Waals surface area contributed by atoms with E-state index in [0.717, 1.165) is 32.0 Å². The van der Waals surface area contributed by atoms with Crippen molar-refractivity contribution in [2.45, 2.75) is 72.6 Å². The molecule has 0 aliphatic heterocycles. The number of hydrogen-bond acceptors (Lipinski definition) is 5. The molecule has 0 saturated heterocycles. The number of carbonyl (C=O) groups excluding carboxylic acids is 2. The molecule has 2 saturated carbocycles. The molecule has 0 amide bonds. The number of ketones is 1. The minimum absolute atomic E-state index is 0.0108. The molecule has 0 radical (unpaired) electrons. The van der Waals surface area contributed by atoms with Crippen LogP contribution in [0.15, 0.2) is 39.7 Å². The van der Waals surface area contributed by atoms with E-state index in [-0.39, 0.29) is 33.9 Å². The molecule has 2 unspecified atom stereocenters. The molecule has 4 rings (SSSR count). The first kappa shape index (κ1) is 24.1. The summed E-state index contributed by atoms with van der Waals surface area (Å²) in [4.78, 5) is 30.1. The first-order valence-electron chi connectivity index (χ1n) is 12.5. The van der Waals surface area contributed by atoms with E-state index in [4.69, 9.17) is 15.1 Å². The zero-order valence-electron chi connectivity index (χ0n) is 20.9. The lowest BCUT2D eigenvalue weighted by Gasteiger charge is -2.60. The van der Waals surface area contributed by atoms with Crippen LogP contribution < -0.4 is 5.73 Å². The fourth-order valence-corrected chi connectivity index (χ4v) is 8.05. The van der Waals surface area contributed by atoms with Crippen LogP contribution in [-0.2, 0) is 9.59 Å². The van der Waals surface area contributed by atoms with Gasteiger partial charge in [0.15, 0.2) is 0 Å². The summed E-state index contributed by atoms with van der Waals surface area (Å²) in [6.45, 7) is 12.0. The van der Waals surface area contributed by atoms with Gasteiger partial charge in [-0.05, 0) is 60.0 Å². The van der Waals surface area contributed by atoms with Crippen LogP contribution in [0.4, 0.5) is 0 Å². The molecular formula is C28H40N2O3. The highest BCUT2D eigenvalue weighted by molar-refractivity contribution is 5.89. The quantitative estimate of drug-likeness (QED) is 0.358. The highest BCUT2D eigenvalue weighted by Gasteiger charge is 2.62. The largest absolute Gasteiger partial charge is 0.472 e. The van der Waals surface area contributed by atoms with Gasteiger partial charge < -0.3 is 14.9 Å². The molecule has 1 aromatic rings. The van der Waals surface area contributed by atoms with E-state index < -0.39 is 5.41 Å². The minimum atomic E-state index is -0.645. The summed E-state index contributed by atoms with van der Waals surface area (Å²) in [6, 6.07) is 2.09. The first-order chi connectivity index (χ1) is 15.6. The Morgan fingerprint density at radius 2 is 1.97 bits per heavy atom. The lowest BCUT2D eigenvalue weighted by Crippen LogP contribution is -2.57. The van der Waals surface area contributed by atoms with Gasteiger partial charge in [0.05, 0.1) is 19.1 Å². The number of hydrogen-bond donors (Lipinski definition) is 1. The van der Waals surface area contributed by atoms with Crippen molar-refractivity contribution in [1.82, 2.24) is 0 Å². The number of allylic oxidation sites excluding steroid dienone is 2. The number of fused-ring (bicyclic) bond motifs is 1. The molecule has 0 aromatic carbocycles. The van der Waals surface area contributed by atoms with Crippen molar-refractivity contribution in [3.05, 3.63) is 35.8 Å². The summed E-state index contributed by atoms with van der Waals surface area (Å²) in [5, 5.41) is 0. The molecular weight excluding hydrogens is 412 g/mol. The van der Waals surface area contributed by atoms with Gasteiger partial charge in [0.1, 0.15) is 12.1 Å². The minimum Gasteiger partial charge on any atom is -0.472 e. The molecule has 5 nitrogen and oxygen atoms in total. The Hall–Kier alpha value is -2.01. The molecule has 0 bridgehead atoms. The molecule has 1 heterocycles. The van der Waals surface area contributed by atoms with Crippen LogP contribution >= 0.6 is 0 Å². The normalized spacial score (nSPS) is 40.6. The fourth-order valence-electron chi connectivity index (χ4n) is 8.05. The summed E-state index contributed by atoms with van der Waals surface area (Å²) < 4.78 is 5.44.